The highest BCUT2D eigenvalue weighted by molar-refractivity contribution is 9.10. The van der Waals surface area contributed by atoms with E-state index in [4.69, 9.17) is 0 Å². The van der Waals surface area contributed by atoms with E-state index in [1.165, 1.54) is 4.31 Å². The molecule has 1 fully saturated rings. The highest BCUT2D eigenvalue weighted by Crippen LogP contribution is 2.31. The Hall–Kier alpha value is -0.530. The van der Waals surface area contributed by atoms with Crippen molar-refractivity contribution in [3.63, 3.8) is 0 Å². The molecular weight excluding hydrogens is 328 g/mol. The molecule has 1 atom stereocenters. The van der Waals surface area contributed by atoms with Crippen molar-refractivity contribution in [1.82, 2.24) is 4.31 Å². The molecule has 0 aliphatic carbocycles. The van der Waals surface area contributed by atoms with Crippen LogP contribution in [0.4, 0.5) is 8.78 Å². The molecule has 3 nitrogen and oxygen atoms in total. The largest absolute Gasteiger partial charge is 0.247 e. The lowest BCUT2D eigenvalue weighted by molar-refractivity contribution is 0.456. The second kappa shape index (κ2) is 4.86. The Morgan fingerprint density at radius 1 is 1.39 bits per heavy atom. The first-order valence-electron chi connectivity index (χ1n) is 5.47. The first kappa shape index (κ1) is 13.9. The maximum absolute atomic E-state index is 13.7. The third-order valence-corrected chi connectivity index (χ3v) is 5.78. The fraction of sp³-hybridized carbons (Fsp3) is 0.455. The molecule has 1 aromatic rings. The van der Waals surface area contributed by atoms with Crippen LogP contribution in [0.25, 0.3) is 0 Å². The summed E-state index contributed by atoms with van der Waals surface area (Å²) in [6.07, 6.45) is 0.750. The fourth-order valence-corrected chi connectivity index (χ4v) is 4.70. The van der Waals surface area contributed by atoms with Crippen molar-refractivity contribution < 1.29 is 17.2 Å². The van der Waals surface area contributed by atoms with Gasteiger partial charge in [0.1, 0.15) is 16.5 Å². The zero-order valence-corrected chi connectivity index (χ0v) is 12.1. The van der Waals surface area contributed by atoms with Gasteiger partial charge in [0, 0.05) is 23.6 Å². The van der Waals surface area contributed by atoms with Gasteiger partial charge in [-0.2, -0.15) is 4.31 Å². The van der Waals surface area contributed by atoms with E-state index < -0.39 is 26.6 Å². The summed E-state index contributed by atoms with van der Waals surface area (Å²) in [5.74, 6) is -1.63. The summed E-state index contributed by atoms with van der Waals surface area (Å²) >= 11 is 2.91. The van der Waals surface area contributed by atoms with Crippen LogP contribution in [0, 0.1) is 17.6 Å². The van der Waals surface area contributed by atoms with Crippen LogP contribution in [0.15, 0.2) is 21.5 Å². The molecule has 1 aromatic carbocycles. The maximum atomic E-state index is 13.7. The Kier molecular flexibility index (Phi) is 3.75. The minimum Gasteiger partial charge on any atom is -0.207 e. The van der Waals surface area contributed by atoms with Crippen molar-refractivity contribution >= 4 is 26.0 Å². The van der Waals surface area contributed by atoms with E-state index in [0.29, 0.717) is 19.2 Å². The van der Waals surface area contributed by atoms with Gasteiger partial charge in [0.25, 0.3) is 0 Å². The van der Waals surface area contributed by atoms with Gasteiger partial charge in [0.2, 0.25) is 10.0 Å². The van der Waals surface area contributed by atoms with Crippen LogP contribution in [0.5, 0.6) is 0 Å². The van der Waals surface area contributed by atoms with Gasteiger partial charge >= 0.3 is 0 Å². The smallest absolute Gasteiger partial charge is 0.207 e. The molecule has 18 heavy (non-hydrogen) atoms. The summed E-state index contributed by atoms with van der Waals surface area (Å²) in [5, 5.41) is 0. The van der Waals surface area contributed by atoms with Crippen LogP contribution in [-0.2, 0) is 10.0 Å². The standard InChI is InChI=1S/C11H12BrF2NO2S/c1-7-2-3-15(6-7)18(16,17)11-9(12)4-8(13)5-10(11)14/h4-5,7H,2-3,6H2,1H3. The van der Waals surface area contributed by atoms with E-state index in [9.17, 15) is 17.2 Å². The summed E-state index contributed by atoms with van der Waals surface area (Å²) in [7, 11) is -3.90. The van der Waals surface area contributed by atoms with Crippen molar-refractivity contribution in [3.8, 4) is 0 Å². The lowest BCUT2D eigenvalue weighted by atomic mass is 10.2. The van der Waals surface area contributed by atoms with Gasteiger partial charge in [-0.15, -0.1) is 0 Å². The van der Waals surface area contributed by atoms with Gasteiger partial charge in [0.15, 0.2) is 0 Å². The van der Waals surface area contributed by atoms with Gasteiger partial charge < -0.3 is 0 Å². The zero-order chi connectivity index (χ0) is 13.5. The summed E-state index contributed by atoms with van der Waals surface area (Å²) in [5.41, 5.74) is 0. The molecule has 0 spiro atoms. The molecule has 2 rings (SSSR count). The zero-order valence-electron chi connectivity index (χ0n) is 9.66. The Bertz CT molecular complexity index is 553. The number of halogens is 3. The molecular formula is C11H12BrF2NO2S. The number of hydrogen-bond acceptors (Lipinski definition) is 2. The van der Waals surface area contributed by atoms with Crippen molar-refractivity contribution in [1.29, 1.82) is 0 Å². The molecule has 0 bridgehead atoms. The second-order valence-electron chi connectivity index (χ2n) is 4.46. The summed E-state index contributed by atoms with van der Waals surface area (Å²) in [6.45, 7) is 2.67. The number of rotatable bonds is 2. The van der Waals surface area contributed by atoms with Gasteiger partial charge in [-0.3, -0.25) is 0 Å². The van der Waals surface area contributed by atoms with Crippen LogP contribution < -0.4 is 0 Å². The molecule has 0 amide bonds. The number of sulfonamides is 1. The molecule has 1 aliphatic rings. The first-order valence-corrected chi connectivity index (χ1v) is 7.70. The maximum Gasteiger partial charge on any atom is 0.247 e. The highest BCUT2D eigenvalue weighted by atomic mass is 79.9. The van der Waals surface area contributed by atoms with Crippen LogP contribution in [0.2, 0.25) is 0 Å². The molecule has 1 saturated heterocycles. The molecule has 0 N–H and O–H groups in total. The second-order valence-corrected chi connectivity index (χ2v) is 7.18. The average molecular weight is 340 g/mol. The monoisotopic (exact) mass is 339 g/mol. The van der Waals surface area contributed by atoms with Crippen LogP contribution >= 0.6 is 15.9 Å². The summed E-state index contributed by atoms with van der Waals surface area (Å²) < 4.78 is 52.3. The third-order valence-electron chi connectivity index (χ3n) is 2.95. The first-order chi connectivity index (χ1) is 8.32. The van der Waals surface area contributed by atoms with E-state index in [0.717, 1.165) is 12.5 Å². The minimum atomic E-state index is -3.90. The fourth-order valence-electron chi connectivity index (χ4n) is 2.02. The van der Waals surface area contributed by atoms with Crippen LogP contribution in [-0.4, -0.2) is 25.8 Å². The van der Waals surface area contributed by atoms with Gasteiger partial charge in [-0.1, -0.05) is 6.92 Å². The van der Waals surface area contributed by atoms with Gasteiger partial charge in [-0.25, -0.2) is 17.2 Å². The normalized spacial score (nSPS) is 21.4. The highest BCUT2D eigenvalue weighted by Gasteiger charge is 2.34. The lowest BCUT2D eigenvalue weighted by Crippen LogP contribution is -2.29. The third kappa shape index (κ3) is 2.44. The molecule has 0 saturated carbocycles. The molecule has 1 aliphatic heterocycles. The summed E-state index contributed by atoms with van der Waals surface area (Å²) in [4.78, 5) is -0.488. The molecule has 1 heterocycles. The SMILES string of the molecule is CC1CCN(S(=O)(=O)c2c(F)cc(F)cc2Br)C1. The van der Waals surface area contributed by atoms with Gasteiger partial charge in [0.05, 0.1) is 0 Å². The minimum absolute atomic E-state index is 0.0837. The number of nitrogens with zero attached hydrogens (tertiary/aromatic N) is 1. The van der Waals surface area contributed by atoms with E-state index in [1.54, 1.807) is 0 Å². The molecule has 7 heteroatoms. The molecule has 100 valence electrons. The predicted octanol–water partition coefficient (Wildman–Crippen LogP) is 2.76. The lowest BCUT2D eigenvalue weighted by Gasteiger charge is -2.17. The number of hydrogen-bond donors (Lipinski definition) is 0. The predicted molar refractivity (Wildman–Crippen MR) is 66.6 cm³/mol. The van der Waals surface area contributed by atoms with Crippen molar-refractivity contribution in [3.05, 3.63) is 28.2 Å². The van der Waals surface area contributed by atoms with E-state index in [-0.39, 0.29) is 10.4 Å². The molecule has 0 radical (unpaired) electrons. The topological polar surface area (TPSA) is 37.4 Å². The quantitative estimate of drug-likeness (QED) is 0.830. The Balaban J connectivity index is 2.48. The number of benzene rings is 1. The Morgan fingerprint density at radius 2 is 2.06 bits per heavy atom. The van der Waals surface area contributed by atoms with E-state index in [1.807, 2.05) is 6.92 Å². The van der Waals surface area contributed by atoms with Crippen molar-refractivity contribution in [2.45, 2.75) is 18.2 Å². The van der Waals surface area contributed by atoms with Crippen LogP contribution in [0.1, 0.15) is 13.3 Å². The van der Waals surface area contributed by atoms with E-state index in [2.05, 4.69) is 15.9 Å². The van der Waals surface area contributed by atoms with Crippen LogP contribution in [0.3, 0.4) is 0 Å². The Labute approximate surface area is 113 Å². The molecule has 1 unspecified atom stereocenters. The van der Waals surface area contributed by atoms with Crippen molar-refractivity contribution in [2.75, 3.05) is 13.1 Å². The van der Waals surface area contributed by atoms with E-state index >= 15 is 0 Å². The van der Waals surface area contributed by atoms with Crippen molar-refractivity contribution in [2.24, 2.45) is 5.92 Å². The average Bonchev–Trinajstić information content (AvgIpc) is 2.63. The Morgan fingerprint density at radius 3 is 2.56 bits per heavy atom. The summed E-state index contributed by atoms with van der Waals surface area (Å²) in [6, 6.07) is 1.53. The van der Waals surface area contributed by atoms with Gasteiger partial charge in [-0.05, 0) is 34.3 Å². The molecule has 0 aromatic heterocycles.